The van der Waals surface area contributed by atoms with Crippen LogP contribution in [0, 0.1) is 11.3 Å². The Morgan fingerprint density at radius 2 is 1.80 bits per heavy atom. The summed E-state index contributed by atoms with van der Waals surface area (Å²) >= 11 is 0. The number of benzene rings is 1. The summed E-state index contributed by atoms with van der Waals surface area (Å²) in [5.74, 6) is -1.43. The maximum absolute atomic E-state index is 14.4. The Labute approximate surface area is 284 Å². The number of ether oxygens (including phenoxy) is 3. The number of hydrogen-bond acceptors (Lipinski definition) is 14. The molecule has 3 aromatic rings. The van der Waals surface area contributed by atoms with Crippen LogP contribution in [-0.2, 0) is 32.9 Å². The fraction of sp³-hybridized carbons (Fsp3) is 0.531. The molecule has 0 radical (unpaired) electrons. The van der Waals surface area contributed by atoms with Crippen LogP contribution in [0.2, 0.25) is 0 Å². The first-order chi connectivity index (χ1) is 23.6. The lowest BCUT2D eigenvalue weighted by Gasteiger charge is -2.29. The van der Waals surface area contributed by atoms with E-state index in [1.165, 1.54) is 29.0 Å². The van der Waals surface area contributed by atoms with Crippen LogP contribution >= 0.6 is 7.75 Å². The molecule has 0 amide bonds. The van der Waals surface area contributed by atoms with Crippen LogP contribution in [-0.4, -0.2) is 80.4 Å². The smallest absolute Gasteiger partial charge is 0.459 e. The summed E-state index contributed by atoms with van der Waals surface area (Å²) in [6.45, 7) is 3.28. The van der Waals surface area contributed by atoms with E-state index in [-0.39, 0.29) is 30.5 Å². The van der Waals surface area contributed by atoms with E-state index in [0.717, 1.165) is 25.7 Å². The standard InChI is InChI=1S/C32H43N6O10P/c1-3-5-10-16-44-26(39)18-23(31(42)45-17-11-6-4-2)37-49(43,48-22-12-8-7-9-13-22)46-20-32(19-33)29(41)27(40)28(47-32)24-14-15-25-30(34)35-21-36-38(24)25/h7-9,12-15,21,23,27-29,40-41H,3-6,10-11,16-18,20H2,1-2H3,(H,37,43)(H2,34,35,36)/t23-,27-,28-,29-,32+,49-/m0/s1. The molecule has 0 unspecified atom stereocenters. The number of carbonyl (C=O) groups excluding carboxylic acids is 2. The molecule has 49 heavy (non-hydrogen) atoms. The van der Waals surface area contributed by atoms with Gasteiger partial charge >= 0.3 is 19.7 Å². The van der Waals surface area contributed by atoms with E-state index in [1.807, 2.05) is 19.9 Å². The number of nitrogens with two attached hydrogens (primary N) is 1. The van der Waals surface area contributed by atoms with Crippen LogP contribution in [0.25, 0.3) is 5.52 Å². The summed E-state index contributed by atoms with van der Waals surface area (Å²) in [6, 6.07) is 11.3. The molecule has 1 aliphatic heterocycles. The number of anilines is 1. The van der Waals surface area contributed by atoms with Gasteiger partial charge in [0.15, 0.2) is 5.82 Å². The van der Waals surface area contributed by atoms with E-state index >= 15 is 0 Å². The molecule has 1 fully saturated rings. The number of nitriles is 1. The van der Waals surface area contributed by atoms with E-state index in [0.29, 0.717) is 18.4 Å². The fourth-order valence-electron chi connectivity index (χ4n) is 5.13. The molecule has 6 atom stereocenters. The predicted octanol–water partition coefficient (Wildman–Crippen LogP) is 3.39. The van der Waals surface area contributed by atoms with E-state index in [2.05, 4.69) is 15.2 Å². The highest BCUT2D eigenvalue weighted by Gasteiger charge is 2.57. The molecule has 17 heteroatoms. The number of para-hydroxylation sites is 1. The van der Waals surface area contributed by atoms with Gasteiger partial charge in [-0.3, -0.25) is 14.1 Å². The van der Waals surface area contributed by atoms with Crippen molar-refractivity contribution in [2.45, 2.75) is 88.7 Å². The van der Waals surface area contributed by atoms with Gasteiger partial charge in [-0.25, -0.2) is 14.1 Å². The minimum atomic E-state index is -4.69. The van der Waals surface area contributed by atoms with Crippen molar-refractivity contribution in [2.24, 2.45) is 0 Å². The van der Waals surface area contributed by atoms with Gasteiger partial charge in [-0.2, -0.15) is 15.4 Å². The zero-order valence-electron chi connectivity index (χ0n) is 27.5. The van der Waals surface area contributed by atoms with Crippen molar-refractivity contribution in [3.8, 4) is 11.8 Å². The molecule has 1 aromatic carbocycles. The molecule has 5 N–H and O–H groups in total. The van der Waals surface area contributed by atoms with Crippen LogP contribution in [0.15, 0.2) is 48.8 Å². The Morgan fingerprint density at radius 3 is 2.47 bits per heavy atom. The first-order valence-electron chi connectivity index (χ1n) is 16.2. The first kappa shape index (κ1) is 37.7. The third kappa shape index (κ3) is 9.54. The molecule has 16 nitrogen and oxygen atoms in total. The quantitative estimate of drug-likeness (QED) is 0.0797. The summed E-state index contributed by atoms with van der Waals surface area (Å²) in [5.41, 5.74) is 4.29. The molecule has 3 heterocycles. The number of hydrogen-bond donors (Lipinski definition) is 4. The Kier molecular flexibility index (Phi) is 13.5. The van der Waals surface area contributed by atoms with Crippen LogP contribution in [0.5, 0.6) is 5.75 Å². The highest BCUT2D eigenvalue weighted by atomic mass is 31.2. The maximum atomic E-state index is 14.4. The van der Waals surface area contributed by atoms with E-state index in [1.54, 1.807) is 24.3 Å². The van der Waals surface area contributed by atoms with Gasteiger partial charge in [0.05, 0.1) is 25.3 Å². The normalized spacial score (nSPS) is 22.2. The van der Waals surface area contributed by atoms with E-state index < -0.39 is 62.7 Å². The number of fused-ring (bicyclic) bond motifs is 1. The average molecular weight is 703 g/mol. The van der Waals surface area contributed by atoms with Gasteiger partial charge in [0.2, 0.25) is 5.60 Å². The summed E-state index contributed by atoms with van der Waals surface area (Å²) in [7, 11) is -4.69. The van der Waals surface area contributed by atoms with Crippen LogP contribution in [0.4, 0.5) is 5.82 Å². The molecule has 0 aliphatic carbocycles. The summed E-state index contributed by atoms with van der Waals surface area (Å²) < 4.78 is 43.8. The lowest BCUT2D eigenvalue weighted by molar-refractivity contribution is -0.152. The highest BCUT2D eigenvalue weighted by Crippen LogP contribution is 2.48. The second-order valence-corrected chi connectivity index (χ2v) is 13.2. The Bertz CT molecular complexity index is 1640. The van der Waals surface area contributed by atoms with Crippen molar-refractivity contribution in [1.82, 2.24) is 19.7 Å². The first-order valence-corrected chi connectivity index (χ1v) is 17.7. The number of nitrogens with one attached hydrogen (secondary N) is 1. The molecule has 0 spiro atoms. The molecule has 0 saturated carbocycles. The van der Waals surface area contributed by atoms with Crippen LogP contribution < -0.4 is 15.3 Å². The van der Waals surface area contributed by atoms with Gasteiger partial charge in [0.25, 0.3) is 0 Å². The summed E-state index contributed by atoms with van der Waals surface area (Å²) in [6.07, 6.45) is 0.435. The maximum Gasteiger partial charge on any atom is 0.459 e. The fourth-order valence-corrected chi connectivity index (χ4v) is 6.65. The van der Waals surface area contributed by atoms with Gasteiger partial charge in [0, 0.05) is 0 Å². The molecule has 1 aliphatic rings. The summed E-state index contributed by atoms with van der Waals surface area (Å²) in [4.78, 5) is 29.9. The van der Waals surface area contributed by atoms with Gasteiger partial charge in [-0.05, 0) is 37.1 Å². The number of aliphatic hydroxyl groups is 2. The monoisotopic (exact) mass is 702 g/mol. The Balaban J connectivity index is 1.59. The van der Waals surface area contributed by atoms with Crippen molar-refractivity contribution in [2.75, 3.05) is 25.6 Å². The number of carbonyl (C=O) groups is 2. The number of nitrogen functional groups attached to an aromatic ring is 1. The van der Waals surface area contributed by atoms with Gasteiger partial charge in [0.1, 0.15) is 54.6 Å². The zero-order chi connectivity index (χ0) is 35.4. The molecular formula is C32H43N6O10P. The lowest BCUT2D eigenvalue weighted by atomic mass is 9.96. The second kappa shape index (κ2) is 17.5. The predicted molar refractivity (Wildman–Crippen MR) is 175 cm³/mol. The molecule has 2 aromatic heterocycles. The van der Waals surface area contributed by atoms with Crippen molar-refractivity contribution in [1.29, 1.82) is 5.26 Å². The van der Waals surface area contributed by atoms with Gasteiger partial charge in [-0.1, -0.05) is 57.7 Å². The lowest BCUT2D eigenvalue weighted by Crippen LogP contribution is -2.46. The average Bonchev–Trinajstić information content (AvgIpc) is 3.63. The van der Waals surface area contributed by atoms with Crippen LogP contribution in [0.1, 0.15) is 70.6 Å². The number of unbranched alkanes of at least 4 members (excludes halogenated alkanes) is 4. The number of esters is 2. The van der Waals surface area contributed by atoms with Gasteiger partial charge < -0.3 is 34.7 Å². The van der Waals surface area contributed by atoms with Crippen molar-refractivity contribution in [3.05, 3.63) is 54.5 Å². The number of rotatable bonds is 19. The minimum Gasteiger partial charge on any atom is -0.466 e. The molecule has 4 rings (SSSR count). The molecular weight excluding hydrogens is 659 g/mol. The van der Waals surface area contributed by atoms with Gasteiger partial charge in [-0.15, -0.1) is 0 Å². The minimum absolute atomic E-state index is 0.0585. The van der Waals surface area contributed by atoms with E-state index in [9.17, 15) is 29.6 Å². The third-order valence-corrected chi connectivity index (χ3v) is 9.38. The Hall–Kier alpha value is -4.10. The third-order valence-electron chi connectivity index (χ3n) is 7.83. The van der Waals surface area contributed by atoms with Crippen molar-refractivity contribution < 1.29 is 47.6 Å². The zero-order valence-corrected chi connectivity index (χ0v) is 28.4. The van der Waals surface area contributed by atoms with Crippen LogP contribution in [0.3, 0.4) is 0 Å². The highest BCUT2D eigenvalue weighted by molar-refractivity contribution is 7.52. The molecule has 1 saturated heterocycles. The SMILES string of the molecule is CCCCCOC(=O)C[C@H](N[P@](=O)(OC[C@@]1(C#N)O[C@@H](c2ccc3c(N)ncnn23)[C@H](O)[C@@H]1O)Oc1ccccc1)C(=O)OCCCCC. The number of nitrogens with zero attached hydrogens (tertiary/aromatic N) is 4. The molecule has 266 valence electrons. The molecule has 0 bridgehead atoms. The number of aliphatic hydroxyl groups excluding tert-OH is 2. The Morgan fingerprint density at radius 1 is 1.10 bits per heavy atom. The second-order valence-electron chi connectivity index (χ2n) is 11.5. The largest absolute Gasteiger partial charge is 0.466 e. The topological polar surface area (TPSA) is 230 Å². The van der Waals surface area contributed by atoms with Crippen molar-refractivity contribution >= 4 is 31.0 Å². The van der Waals surface area contributed by atoms with E-state index in [4.69, 9.17) is 29.0 Å². The summed E-state index contributed by atoms with van der Waals surface area (Å²) in [5, 5.41) is 39.0. The van der Waals surface area contributed by atoms with Crippen molar-refractivity contribution in [3.63, 3.8) is 0 Å². The number of aromatic nitrogens is 3.